The number of anilines is 3. The lowest BCUT2D eigenvalue weighted by Gasteiger charge is -2.28. The molecule has 346 valence electrons. The molecule has 0 bridgehead atoms. The fourth-order valence-electron chi connectivity index (χ4n) is 8.31. The van der Waals surface area contributed by atoms with Crippen molar-refractivity contribution in [3.63, 3.8) is 0 Å². The van der Waals surface area contributed by atoms with Crippen LogP contribution in [0.15, 0.2) is 130 Å². The summed E-state index contributed by atoms with van der Waals surface area (Å²) >= 11 is 3.84. The Labute approximate surface area is 396 Å². The van der Waals surface area contributed by atoms with Crippen LogP contribution >= 0.6 is 23.5 Å². The van der Waals surface area contributed by atoms with Crippen molar-refractivity contribution in [2.75, 3.05) is 42.3 Å². The number of benzene rings is 5. The monoisotopic (exact) mass is 958 g/mol. The number of aromatic amines is 1. The Hall–Kier alpha value is -6.37. The quantitative estimate of drug-likeness (QED) is 0.0402. The molecule has 0 saturated carbocycles. The number of amides is 2. The first-order valence-electron chi connectivity index (χ1n) is 21.8. The van der Waals surface area contributed by atoms with Crippen LogP contribution in [0.2, 0.25) is 0 Å². The number of phenolic OH excluding ortho intramolecular Hbond substituents is 1. The second kappa shape index (κ2) is 20.2. The van der Waals surface area contributed by atoms with E-state index in [-0.39, 0.29) is 36.3 Å². The fraction of sp³-hybridized carbons (Fsp3) is 0.240. The number of methoxy groups -OCH3 is 1. The molecule has 0 aliphatic carbocycles. The first-order valence-corrected chi connectivity index (χ1v) is 25.2. The third-order valence-corrected chi connectivity index (χ3v) is 17.1. The number of fused-ring (bicyclic) bond motifs is 2. The Kier molecular flexibility index (Phi) is 14.2. The molecule has 1 unspecified atom stereocenters. The number of nitrogens with zero attached hydrogens (tertiary/aromatic N) is 1. The standard InChI is InChI=1S/C50H50N6O8S3/c1-3-30-24-37(27-40-45(30)53-28-41(48(51)60)46(40)54-34-9-7-10-35(26-34)64-2)67(62,63)36-11-6-8-31(25-36)49(61)55-33-14-12-32(13-15-33)50(65-22-23-66-50)20-4-5-21-52-29-43(58)38-16-18-42(57)47-39(38)17-19-44(59)56-47/h6-19,24-28,43,52,57-58H,3-5,20-23,29H2,1-2H3,(H2,51,60)(H,53,54)(H,55,61)(H,56,59). The van der Waals surface area contributed by atoms with Crippen molar-refractivity contribution in [3.8, 4) is 11.5 Å². The SMILES string of the molecule is CCc1cc(S(=O)(=O)c2cccc(C(=O)Nc3ccc(C4(CCCCNCC(O)c5ccc(O)c6[nH]c(=O)ccc56)SCCS4)cc3)c2)cc2c(Nc3cccc(OC)c3)c(C(N)=O)cnc12. The molecule has 8 rings (SSSR count). The number of aliphatic hydroxyl groups excluding tert-OH is 1. The minimum absolute atomic E-state index is 0.0337. The molecule has 1 atom stereocenters. The van der Waals surface area contributed by atoms with Gasteiger partial charge in [0.25, 0.3) is 11.8 Å². The van der Waals surface area contributed by atoms with Gasteiger partial charge in [0.15, 0.2) is 0 Å². The molecule has 8 N–H and O–H groups in total. The summed E-state index contributed by atoms with van der Waals surface area (Å²) in [5, 5.41) is 31.6. The molecule has 17 heteroatoms. The zero-order valence-electron chi connectivity index (χ0n) is 36.8. The lowest BCUT2D eigenvalue weighted by Crippen LogP contribution is -2.23. The van der Waals surface area contributed by atoms with Crippen LogP contribution < -0.4 is 32.0 Å². The van der Waals surface area contributed by atoms with Gasteiger partial charge in [-0.2, -0.15) is 0 Å². The molecule has 1 saturated heterocycles. The van der Waals surface area contributed by atoms with E-state index in [2.05, 4.69) is 25.9 Å². The molecule has 2 amide bonds. The minimum atomic E-state index is -4.19. The number of hydrogen-bond donors (Lipinski definition) is 7. The minimum Gasteiger partial charge on any atom is -0.506 e. The number of phenols is 1. The maximum absolute atomic E-state index is 14.4. The number of hydrogen-bond acceptors (Lipinski definition) is 13. The number of aromatic hydroxyl groups is 1. The summed E-state index contributed by atoms with van der Waals surface area (Å²) in [6.07, 6.45) is 3.75. The summed E-state index contributed by atoms with van der Waals surface area (Å²) in [6, 6.07) is 30.0. The van der Waals surface area contributed by atoms with E-state index in [0.717, 1.165) is 36.3 Å². The lowest BCUT2D eigenvalue weighted by molar-refractivity contribution is 0.0998. The molecular weight excluding hydrogens is 909 g/mol. The van der Waals surface area contributed by atoms with Gasteiger partial charge in [-0.05, 0) is 116 Å². The van der Waals surface area contributed by atoms with Gasteiger partial charge >= 0.3 is 0 Å². The van der Waals surface area contributed by atoms with Crippen molar-refractivity contribution < 1.29 is 33.0 Å². The Morgan fingerprint density at radius 3 is 2.43 bits per heavy atom. The number of primary amides is 1. The normalized spacial score (nSPS) is 14.0. The van der Waals surface area contributed by atoms with E-state index >= 15 is 0 Å². The van der Waals surface area contributed by atoms with Crippen molar-refractivity contribution >= 4 is 84.0 Å². The van der Waals surface area contributed by atoms with Gasteiger partial charge in [0.2, 0.25) is 15.4 Å². The predicted octanol–water partition coefficient (Wildman–Crippen LogP) is 8.41. The fourth-order valence-corrected chi connectivity index (χ4v) is 13.0. The highest BCUT2D eigenvalue weighted by molar-refractivity contribution is 8.20. The van der Waals surface area contributed by atoms with Crippen molar-refractivity contribution in [2.45, 2.75) is 52.6 Å². The second-order valence-electron chi connectivity index (χ2n) is 16.1. The Balaban J connectivity index is 0.929. The molecule has 5 aromatic carbocycles. The van der Waals surface area contributed by atoms with Crippen molar-refractivity contribution in [1.82, 2.24) is 15.3 Å². The number of nitrogens with two attached hydrogens (primary N) is 1. The predicted molar refractivity (Wildman–Crippen MR) is 267 cm³/mol. The van der Waals surface area contributed by atoms with E-state index in [0.29, 0.717) is 75.3 Å². The Morgan fingerprint density at radius 2 is 1.69 bits per heavy atom. The Morgan fingerprint density at radius 1 is 0.910 bits per heavy atom. The highest BCUT2D eigenvalue weighted by Gasteiger charge is 2.37. The number of ether oxygens (including phenoxy) is 1. The third-order valence-electron chi connectivity index (χ3n) is 11.8. The molecule has 1 fully saturated rings. The zero-order chi connectivity index (χ0) is 47.3. The molecule has 67 heavy (non-hydrogen) atoms. The zero-order valence-corrected chi connectivity index (χ0v) is 39.2. The van der Waals surface area contributed by atoms with Gasteiger partial charge in [0.05, 0.1) is 49.4 Å². The maximum Gasteiger partial charge on any atom is 0.255 e. The number of carbonyl (C=O) groups excluding carboxylic acids is 2. The van der Waals surface area contributed by atoms with Crippen LogP contribution in [-0.4, -0.2) is 72.1 Å². The number of aromatic nitrogens is 2. The van der Waals surface area contributed by atoms with E-state index in [1.165, 1.54) is 42.6 Å². The summed E-state index contributed by atoms with van der Waals surface area (Å²) < 4.78 is 34.0. The van der Waals surface area contributed by atoms with Crippen LogP contribution in [0.5, 0.6) is 11.5 Å². The molecule has 0 radical (unpaired) electrons. The van der Waals surface area contributed by atoms with Crippen LogP contribution in [0.25, 0.3) is 21.8 Å². The number of nitrogens with one attached hydrogen (secondary N) is 4. The smallest absolute Gasteiger partial charge is 0.255 e. The first-order chi connectivity index (χ1) is 32.3. The molecule has 14 nitrogen and oxygen atoms in total. The molecular formula is C50H50N6O8S3. The van der Waals surface area contributed by atoms with Crippen molar-refractivity contribution in [2.24, 2.45) is 5.73 Å². The van der Waals surface area contributed by atoms with Crippen molar-refractivity contribution in [1.29, 1.82) is 0 Å². The largest absolute Gasteiger partial charge is 0.506 e. The summed E-state index contributed by atoms with van der Waals surface area (Å²) in [5.41, 5.74) is 10.4. The van der Waals surface area contributed by atoms with E-state index in [1.54, 1.807) is 55.6 Å². The first kappa shape index (κ1) is 47.1. The van der Waals surface area contributed by atoms with Gasteiger partial charge in [-0.3, -0.25) is 19.4 Å². The number of carbonyl (C=O) groups is 2. The number of rotatable bonds is 18. The van der Waals surface area contributed by atoms with Crippen LogP contribution in [0.1, 0.15) is 69.7 Å². The van der Waals surface area contributed by atoms with Crippen LogP contribution in [0, 0.1) is 0 Å². The van der Waals surface area contributed by atoms with E-state index in [1.807, 2.05) is 54.7 Å². The van der Waals surface area contributed by atoms with E-state index in [4.69, 9.17) is 10.5 Å². The van der Waals surface area contributed by atoms with Crippen LogP contribution in [-0.2, 0) is 20.3 Å². The highest BCUT2D eigenvalue weighted by Crippen LogP contribution is 2.55. The van der Waals surface area contributed by atoms with Gasteiger partial charge in [-0.25, -0.2) is 8.42 Å². The molecule has 0 spiro atoms. The molecule has 7 aromatic rings. The molecule has 1 aliphatic rings. The molecule has 3 heterocycles. The maximum atomic E-state index is 14.4. The second-order valence-corrected chi connectivity index (χ2v) is 21.1. The average Bonchev–Trinajstić information content (AvgIpc) is 3.82. The number of unbranched alkanes of at least 4 members (excludes halogenated alkanes) is 1. The van der Waals surface area contributed by atoms with Crippen LogP contribution in [0.3, 0.4) is 0 Å². The number of thioether (sulfide) groups is 2. The average molecular weight is 959 g/mol. The number of aryl methyl sites for hydroxylation is 1. The van der Waals surface area contributed by atoms with Gasteiger partial charge in [-0.15, -0.1) is 23.5 Å². The lowest BCUT2D eigenvalue weighted by atomic mass is 10.0. The van der Waals surface area contributed by atoms with Gasteiger partial charge in [0.1, 0.15) is 11.5 Å². The summed E-state index contributed by atoms with van der Waals surface area (Å²) in [7, 11) is -2.65. The number of sulfone groups is 1. The van der Waals surface area contributed by atoms with E-state index < -0.39 is 27.8 Å². The van der Waals surface area contributed by atoms with E-state index in [9.17, 15) is 33.0 Å². The number of aliphatic hydroxyl groups is 1. The molecule has 1 aliphatic heterocycles. The van der Waals surface area contributed by atoms with Gasteiger partial charge in [-0.1, -0.05) is 37.3 Å². The topological polar surface area (TPSA) is 226 Å². The Bertz CT molecular complexity index is 3160. The highest BCUT2D eigenvalue weighted by atomic mass is 32.2. The number of pyridine rings is 2. The number of H-pyrrole nitrogens is 1. The van der Waals surface area contributed by atoms with Gasteiger partial charge in [0, 0.05) is 64.1 Å². The van der Waals surface area contributed by atoms with Crippen molar-refractivity contribution in [3.05, 3.63) is 154 Å². The third kappa shape index (κ3) is 10.2. The van der Waals surface area contributed by atoms with Crippen LogP contribution in [0.4, 0.5) is 17.1 Å². The van der Waals surface area contributed by atoms with Gasteiger partial charge < -0.3 is 41.6 Å². The molecule has 2 aromatic heterocycles. The summed E-state index contributed by atoms with van der Waals surface area (Å²) in [4.78, 5) is 45.2. The summed E-state index contributed by atoms with van der Waals surface area (Å²) in [5.74, 6) is 1.35. The summed E-state index contributed by atoms with van der Waals surface area (Å²) in [6.45, 7) is 2.90.